The van der Waals surface area contributed by atoms with Crippen molar-refractivity contribution in [3.05, 3.63) is 41.4 Å². The number of carbonyl (C=O) groups excluding carboxylic acids is 1. The molecule has 5 nitrogen and oxygen atoms in total. The maximum absolute atomic E-state index is 11.7. The van der Waals surface area contributed by atoms with E-state index < -0.39 is 0 Å². The average molecular weight is 302 g/mol. The summed E-state index contributed by atoms with van der Waals surface area (Å²) in [6.45, 7) is 2.80. The van der Waals surface area contributed by atoms with Gasteiger partial charge in [-0.3, -0.25) is 5.32 Å². The third-order valence-electron chi connectivity index (χ3n) is 3.51. The van der Waals surface area contributed by atoms with Gasteiger partial charge in [-0.15, -0.1) is 11.3 Å². The molecule has 1 aliphatic heterocycles. The Balaban J connectivity index is 1.49. The molecule has 21 heavy (non-hydrogen) atoms. The van der Waals surface area contributed by atoms with E-state index in [1.165, 1.54) is 29.9 Å². The predicted molar refractivity (Wildman–Crippen MR) is 85.9 cm³/mol. The number of hydrogen-bond donors (Lipinski definition) is 2. The van der Waals surface area contributed by atoms with Crippen molar-refractivity contribution in [2.75, 3.05) is 23.3 Å². The molecular weight excluding hydrogens is 284 g/mol. The lowest BCUT2D eigenvalue weighted by atomic mass is 10.2. The highest BCUT2D eigenvalue weighted by atomic mass is 32.1. The Hall–Kier alpha value is -2.08. The monoisotopic (exact) mass is 302 g/mol. The number of nitrogens with one attached hydrogen (secondary N) is 2. The number of aromatic nitrogens is 1. The highest BCUT2D eigenvalue weighted by Gasteiger charge is 2.11. The molecule has 2 N–H and O–H groups in total. The summed E-state index contributed by atoms with van der Waals surface area (Å²) in [6, 6.07) is 8.16. The maximum Gasteiger partial charge on any atom is 0.321 e. The zero-order chi connectivity index (χ0) is 14.5. The molecule has 2 aromatic rings. The lowest BCUT2D eigenvalue weighted by Crippen LogP contribution is -2.28. The zero-order valence-corrected chi connectivity index (χ0v) is 12.5. The molecule has 0 atom stereocenters. The van der Waals surface area contributed by atoms with Crippen LogP contribution in [0.15, 0.2) is 35.8 Å². The summed E-state index contributed by atoms with van der Waals surface area (Å²) >= 11 is 1.40. The second-order valence-electron chi connectivity index (χ2n) is 5.01. The molecule has 0 spiro atoms. The third-order valence-corrected chi connectivity index (χ3v) is 4.20. The molecule has 0 bridgehead atoms. The highest BCUT2D eigenvalue weighted by molar-refractivity contribution is 7.13. The van der Waals surface area contributed by atoms with Crippen LogP contribution in [-0.2, 0) is 6.54 Å². The first kappa shape index (κ1) is 13.9. The van der Waals surface area contributed by atoms with Crippen LogP contribution in [0.4, 0.5) is 15.6 Å². The largest absolute Gasteiger partial charge is 0.372 e. The number of hydrogen-bond acceptors (Lipinski definition) is 4. The van der Waals surface area contributed by atoms with E-state index in [-0.39, 0.29) is 6.03 Å². The van der Waals surface area contributed by atoms with E-state index in [0.717, 1.165) is 18.7 Å². The minimum Gasteiger partial charge on any atom is -0.372 e. The molecule has 1 aromatic heterocycles. The standard InChI is InChI=1S/C15H18N4OS/c20-14(18-15-16-7-10-21-15)17-11-12-3-5-13(6-4-12)19-8-1-2-9-19/h3-7,10H,1-2,8-9,11H2,(H2,16,17,18,20). The van der Waals surface area contributed by atoms with Gasteiger partial charge in [0, 0.05) is 36.9 Å². The third kappa shape index (κ3) is 3.72. The summed E-state index contributed by atoms with van der Waals surface area (Å²) in [5.74, 6) is 0. The van der Waals surface area contributed by atoms with Gasteiger partial charge in [0.05, 0.1) is 0 Å². The van der Waals surface area contributed by atoms with Gasteiger partial charge < -0.3 is 10.2 Å². The van der Waals surface area contributed by atoms with E-state index in [9.17, 15) is 4.79 Å². The minimum absolute atomic E-state index is 0.228. The van der Waals surface area contributed by atoms with Crippen molar-refractivity contribution in [1.29, 1.82) is 0 Å². The van der Waals surface area contributed by atoms with E-state index in [1.807, 2.05) is 5.38 Å². The molecule has 1 fully saturated rings. The van der Waals surface area contributed by atoms with Crippen molar-refractivity contribution < 1.29 is 4.79 Å². The fraction of sp³-hybridized carbons (Fsp3) is 0.333. The van der Waals surface area contributed by atoms with Crippen LogP contribution in [0.2, 0.25) is 0 Å². The van der Waals surface area contributed by atoms with Gasteiger partial charge in [-0.05, 0) is 30.5 Å². The van der Waals surface area contributed by atoms with Crippen LogP contribution in [0.25, 0.3) is 0 Å². The first-order valence-corrected chi connectivity index (χ1v) is 7.97. The lowest BCUT2D eigenvalue weighted by molar-refractivity contribution is 0.251. The Morgan fingerprint density at radius 3 is 2.67 bits per heavy atom. The van der Waals surface area contributed by atoms with Crippen LogP contribution in [0.3, 0.4) is 0 Å². The topological polar surface area (TPSA) is 57.3 Å². The van der Waals surface area contributed by atoms with Gasteiger partial charge >= 0.3 is 6.03 Å². The number of anilines is 2. The van der Waals surface area contributed by atoms with E-state index in [2.05, 4.69) is 44.8 Å². The van der Waals surface area contributed by atoms with Crippen molar-refractivity contribution >= 4 is 28.2 Å². The number of urea groups is 1. The SMILES string of the molecule is O=C(NCc1ccc(N2CCCC2)cc1)Nc1nccs1. The van der Waals surface area contributed by atoms with Gasteiger partial charge in [0.1, 0.15) is 0 Å². The first-order valence-electron chi connectivity index (χ1n) is 7.09. The van der Waals surface area contributed by atoms with Crippen LogP contribution >= 0.6 is 11.3 Å². The molecule has 0 radical (unpaired) electrons. The van der Waals surface area contributed by atoms with Crippen LogP contribution in [0.1, 0.15) is 18.4 Å². The Kier molecular flexibility index (Phi) is 4.35. The van der Waals surface area contributed by atoms with Crippen LogP contribution < -0.4 is 15.5 Å². The quantitative estimate of drug-likeness (QED) is 0.912. The average Bonchev–Trinajstić information content (AvgIpc) is 3.19. The van der Waals surface area contributed by atoms with Crippen molar-refractivity contribution in [3.8, 4) is 0 Å². The summed E-state index contributed by atoms with van der Waals surface area (Å²) in [6.07, 6.45) is 4.22. The molecule has 0 saturated carbocycles. The molecule has 1 aliphatic rings. The van der Waals surface area contributed by atoms with E-state index in [0.29, 0.717) is 11.7 Å². The molecular formula is C15H18N4OS. The Morgan fingerprint density at radius 2 is 2.00 bits per heavy atom. The molecule has 2 heterocycles. The van der Waals surface area contributed by atoms with Gasteiger partial charge in [-0.25, -0.2) is 9.78 Å². The van der Waals surface area contributed by atoms with Crippen LogP contribution in [0, 0.1) is 0 Å². The number of amides is 2. The number of carbonyl (C=O) groups is 1. The lowest BCUT2D eigenvalue weighted by Gasteiger charge is -2.17. The number of nitrogens with zero attached hydrogens (tertiary/aromatic N) is 2. The van der Waals surface area contributed by atoms with Gasteiger partial charge in [0.15, 0.2) is 5.13 Å². The van der Waals surface area contributed by atoms with E-state index in [4.69, 9.17) is 0 Å². The molecule has 1 saturated heterocycles. The molecule has 0 aliphatic carbocycles. The zero-order valence-electron chi connectivity index (χ0n) is 11.7. The Morgan fingerprint density at radius 1 is 1.24 bits per heavy atom. The first-order chi connectivity index (χ1) is 10.3. The molecule has 6 heteroatoms. The van der Waals surface area contributed by atoms with Crippen molar-refractivity contribution in [2.24, 2.45) is 0 Å². The minimum atomic E-state index is -0.228. The summed E-state index contributed by atoms with van der Waals surface area (Å²) in [4.78, 5) is 18.1. The Labute approximate surface area is 128 Å². The van der Waals surface area contributed by atoms with Gasteiger partial charge in [0.25, 0.3) is 0 Å². The molecule has 2 amide bonds. The molecule has 110 valence electrons. The number of rotatable bonds is 4. The highest BCUT2D eigenvalue weighted by Crippen LogP contribution is 2.20. The van der Waals surface area contributed by atoms with Gasteiger partial charge in [-0.1, -0.05) is 12.1 Å². The van der Waals surface area contributed by atoms with E-state index >= 15 is 0 Å². The summed E-state index contributed by atoms with van der Waals surface area (Å²) in [5.41, 5.74) is 2.36. The van der Waals surface area contributed by atoms with Crippen molar-refractivity contribution in [2.45, 2.75) is 19.4 Å². The smallest absolute Gasteiger partial charge is 0.321 e. The summed E-state index contributed by atoms with van der Waals surface area (Å²) in [7, 11) is 0. The second kappa shape index (κ2) is 6.58. The molecule has 1 aromatic carbocycles. The normalized spacial score (nSPS) is 14.2. The van der Waals surface area contributed by atoms with Crippen molar-refractivity contribution in [3.63, 3.8) is 0 Å². The maximum atomic E-state index is 11.7. The fourth-order valence-electron chi connectivity index (χ4n) is 2.41. The number of thiazole rings is 1. The number of benzene rings is 1. The van der Waals surface area contributed by atoms with Gasteiger partial charge in [-0.2, -0.15) is 0 Å². The summed E-state index contributed by atoms with van der Waals surface area (Å²) < 4.78 is 0. The van der Waals surface area contributed by atoms with E-state index in [1.54, 1.807) is 6.20 Å². The second-order valence-corrected chi connectivity index (χ2v) is 5.90. The molecule has 3 rings (SSSR count). The summed E-state index contributed by atoms with van der Waals surface area (Å²) in [5, 5.41) is 7.96. The fourth-order valence-corrected chi connectivity index (χ4v) is 2.93. The van der Waals surface area contributed by atoms with Crippen LogP contribution in [-0.4, -0.2) is 24.1 Å². The molecule has 0 unspecified atom stereocenters. The Bertz CT molecular complexity index is 576. The predicted octanol–water partition coefficient (Wildman–Crippen LogP) is 3.07. The van der Waals surface area contributed by atoms with Gasteiger partial charge in [0.2, 0.25) is 0 Å². The van der Waals surface area contributed by atoms with Crippen molar-refractivity contribution in [1.82, 2.24) is 10.3 Å². The van der Waals surface area contributed by atoms with Crippen LogP contribution in [0.5, 0.6) is 0 Å².